The van der Waals surface area contributed by atoms with Gasteiger partial charge in [-0.15, -0.1) is 0 Å². The van der Waals surface area contributed by atoms with Gasteiger partial charge in [-0.2, -0.15) is 0 Å². The van der Waals surface area contributed by atoms with Crippen LogP contribution in [-0.2, 0) is 26.9 Å². The van der Waals surface area contributed by atoms with Crippen LogP contribution in [-0.4, -0.2) is 41.1 Å². The summed E-state index contributed by atoms with van der Waals surface area (Å²) in [6.07, 6.45) is 0.523. The average molecular weight is 374 g/mol. The van der Waals surface area contributed by atoms with Crippen LogP contribution in [0.2, 0.25) is 0 Å². The Balaban J connectivity index is 1.87. The Hall–Kier alpha value is -2.38. The minimum atomic E-state index is -3.58. The zero-order chi connectivity index (χ0) is 18.7. The number of nitrogens with zero attached hydrogens (tertiary/aromatic N) is 1. The molecule has 1 aliphatic rings. The molecule has 0 aliphatic carbocycles. The van der Waals surface area contributed by atoms with Crippen molar-refractivity contribution in [2.24, 2.45) is 0 Å². The summed E-state index contributed by atoms with van der Waals surface area (Å²) < 4.78 is 33.0. The van der Waals surface area contributed by atoms with Gasteiger partial charge >= 0.3 is 0 Å². The lowest BCUT2D eigenvalue weighted by molar-refractivity contribution is 0.0963. The van der Waals surface area contributed by atoms with Gasteiger partial charge in [-0.05, 0) is 29.3 Å². The predicted molar refractivity (Wildman–Crippen MR) is 101 cm³/mol. The monoisotopic (exact) mass is 374 g/mol. The summed E-state index contributed by atoms with van der Waals surface area (Å²) in [6.45, 7) is 0.298. The minimum Gasteiger partial charge on any atom is -0.379 e. The molecular formula is C19H22N2O4S. The SMILES string of the molecule is CNC(=O)c1ccc(CS(=O)(=O)N2CC(OC)Cc3ccccc32)cc1. The molecule has 3 rings (SSSR count). The topological polar surface area (TPSA) is 75.7 Å². The van der Waals surface area contributed by atoms with Crippen LogP contribution >= 0.6 is 0 Å². The van der Waals surface area contributed by atoms with Crippen molar-refractivity contribution < 1.29 is 17.9 Å². The normalized spacial score (nSPS) is 16.8. The van der Waals surface area contributed by atoms with E-state index in [0.29, 0.717) is 29.8 Å². The molecule has 1 heterocycles. The quantitative estimate of drug-likeness (QED) is 0.868. The van der Waals surface area contributed by atoms with Gasteiger partial charge in [-0.1, -0.05) is 30.3 Å². The van der Waals surface area contributed by atoms with Crippen molar-refractivity contribution in [3.8, 4) is 0 Å². The van der Waals surface area contributed by atoms with Gasteiger partial charge in [0.15, 0.2) is 0 Å². The zero-order valence-corrected chi connectivity index (χ0v) is 15.6. The van der Waals surface area contributed by atoms with Gasteiger partial charge in [0.25, 0.3) is 5.91 Å². The Bertz CT molecular complexity index is 894. The number of ether oxygens (including phenoxy) is 1. The third kappa shape index (κ3) is 3.73. The molecule has 1 aliphatic heterocycles. The second kappa shape index (κ2) is 7.47. The number of fused-ring (bicyclic) bond motifs is 1. The van der Waals surface area contributed by atoms with Crippen LogP contribution in [0.15, 0.2) is 48.5 Å². The highest BCUT2D eigenvalue weighted by molar-refractivity contribution is 7.92. The average Bonchev–Trinajstić information content (AvgIpc) is 2.66. The number of amides is 1. The summed E-state index contributed by atoms with van der Waals surface area (Å²) in [7, 11) is -0.424. The van der Waals surface area contributed by atoms with Gasteiger partial charge in [-0.25, -0.2) is 8.42 Å². The second-order valence-electron chi connectivity index (χ2n) is 6.25. The molecule has 1 N–H and O–H groups in total. The number of benzene rings is 2. The Kier molecular flexibility index (Phi) is 5.29. The molecule has 7 heteroatoms. The van der Waals surface area contributed by atoms with Gasteiger partial charge in [0.2, 0.25) is 10.0 Å². The Morgan fingerprint density at radius 3 is 2.54 bits per heavy atom. The van der Waals surface area contributed by atoms with Crippen molar-refractivity contribution in [2.45, 2.75) is 18.3 Å². The summed E-state index contributed by atoms with van der Waals surface area (Å²) in [5, 5.41) is 2.54. The van der Waals surface area contributed by atoms with Gasteiger partial charge in [0.1, 0.15) is 0 Å². The van der Waals surface area contributed by atoms with Crippen LogP contribution in [0.3, 0.4) is 0 Å². The molecule has 2 aromatic rings. The fourth-order valence-corrected chi connectivity index (χ4v) is 4.77. The maximum atomic E-state index is 13.0. The molecule has 26 heavy (non-hydrogen) atoms. The summed E-state index contributed by atoms with van der Waals surface area (Å²) in [6, 6.07) is 14.1. The Labute approximate surface area is 153 Å². The van der Waals surface area contributed by atoms with Crippen molar-refractivity contribution in [2.75, 3.05) is 25.0 Å². The lowest BCUT2D eigenvalue weighted by atomic mass is 10.0. The molecule has 6 nitrogen and oxygen atoms in total. The molecular weight excluding hydrogens is 352 g/mol. The predicted octanol–water partition coefficient (Wildman–Crippen LogP) is 1.95. The highest BCUT2D eigenvalue weighted by atomic mass is 32.2. The molecule has 0 radical (unpaired) electrons. The van der Waals surface area contributed by atoms with Crippen LogP contribution in [0.4, 0.5) is 5.69 Å². The first-order valence-corrected chi connectivity index (χ1v) is 9.97. The van der Waals surface area contributed by atoms with E-state index in [1.807, 2.05) is 24.3 Å². The van der Waals surface area contributed by atoms with Crippen LogP contribution in [0, 0.1) is 0 Å². The van der Waals surface area contributed by atoms with Crippen LogP contribution in [0.1, 0.15) is 21.5 Å². The maximum absolute atomic E-state index is 13.0. The first-order valence-electron chi connectivity index (χ1n) is 8.36. The number of anilines is 1. The second-order valence-corrected chi connectivity index (χ2v) is 8.15. The fourth-order valence-electron chi connectivity index (χ4n) is 3.13. The smallest absolute Gasteiger partial charge is 0.251 e. The number of hydrogen-bond acceptors (Lipinski definition) is 4. The molecule has 0 bridgehead atoms. The van der Waals surface area contributed by atoms with E-state index in [2.05, 4.69) is 5.32 Å². The lowest BCUT2D eigenvalue weighted by Crippen LogP contribution is -2.43. The molecule has 0 aromatic heterocycles. The highest BCUT2D eigenvalue weighted by Gasteiger charge is 2.32. The summed E-state index contributed by atoms with van der Waals surface area (Å²) in [5.41, 5.74) is 2.80. The van der Waals surface area contributed by atoms with Gasteiger partial charge in [0.05, 0.1) is 24.1 Å². The van der Waals surface area contributed by atoms with Crippen molar-refractivity contribution in [1.29, 1.82) is 0 Å². The zero-order valence-electron chi connectivity index (χ0n) is 14.8. The Morgan fingerprint density at radius 1 is 1.19 bits per heavy atom. The van der Waals surface area contributed by atoms with E-state index in [1.54, 1.807) is 38.4 Å². The van der Waals surface area contributed by atoms with E-state index in [0.717, 1.165) is 5.56 Å². The van der Waals surface area contributed by atoms with Crippen molar-refractivity contribution in [3.63, 3.8) is 0 Å². The number of methoxy groups -OCH3 is 1. The van der Waals surface area contributed by atoms with Crippen LogP contribution in [0.5, 0.6) is 0 Å². The standard InChI is InChI=1S/C19H22N2O4S/c1-20-19(22)15-9-7-14(8-10-15)13-26(23,24)21-12-17(25-2)11-16-5-3-4-6-18(16)21/h3-10,17H,11-13H2,1-2H3,(H,20,22). The number of carbonyl (C=O) groups is 1. The number of sulfonamides is 1. The van der Waals surface area contributed by atoms with E-state index in [1.165, 1.54) is 4.31 Å². The first kappa shape index (κ1) is 18.4. The molecule has 0 saturated heterocycles. The summed E-state index contributed by atoms with van der Waals surface area (Å²) in [5.74, 6) is -0.335. The van der Waals surface area contributed by atoms with Crippen molar-refractivity contribution >= 4 is 21.6 Å². The number of rotatable bonds is 5. The lowest BCUT2D eigenvalue weighted by Gasteiger charge is -2.34. The molecule has 1 unspecified atom stereocenters. The van der Waals surface area contributed by atoms with Gasteiger partial charge < -0.3 is 10.1 Å². The minimum absolute atomic E-state index is 0.133. The number of carbonyl (C=O) groups excluding carboxylic acids is 1. The van der Waals surface area contributed by atoms with Crippen LogP contribution < -0.4 is 9.62 Å². The number of hydrogen-bond donors (Lipinski definition) is 1. The third-order valence-corrected chi connectivity index (χ3v) is 6.25. The maximum Gasteiger partial charge on any atom is 0.251 e. The molecule has 2 aromatic carbocycles. The molecule has 138 valence electrons. The fraction of sp³-hybridized carbons (Fsp3) is 0.316. The van der Waals surface area contributed by atoms with E-state index in [4.69, 9.17) is 4.74 Å². The Morgan fingerprint density at radius 2 is 1.88 bits per heavy atom. The van der Waals surface area contributed by atoms with E-state index in [9.17, 15) is 13.2 Å². The number of nitrogens with one attached hydrogen (secondary N) is 1. The van der Waals surface area contributed by atoms with Crippen molar-refractivity contribution in [1.82, 2.24) is 5.32 Å². The summed E-state index contributed by atoms with van der Waals surface area (Å²) in [4.78, 5) is 11.6. The molecule has 1 atom stereocenters. The van der Waals surface area contributed by atoms with Crippen molar-refractivity contribution in [3.05, 3.63) is 65.2 Å². The van der Waals surface area contributed by atoms with E-state index in [-0.39, 0.29) is 17.8 Å². The third-order valence-electron chi connectivity index (χ3n) is 4.54. The van der Waals surface area contributed by atoms with Crippen LogP contribution in [0.25, 0.3) is 0 Å². The molecule has 0 spiro atoms. The van der Waals surface area contributed by atoms with Gasteiger partial charge in [-0.3, -0.25) is 9.10 Å². The van der Waals surface area contributed by atoms with E-state index >= 15 is 0 Å². The number of para-hydroxylation sites is 1. The molecule has 1 amide bonds. The molecule has 0 saturated carbocycles. The summed E-state index contributed by atoms with van der Waals surface area (Å²) >= 11 is 0. The molecule has 0 fully saturated rings. The van der Waals surface area contributed by atoms with Gasteiger partial charge in [0, 0.05) is 26.1 Å². The first-order chi connectivity index (χ1) is 12.4. The largest absolute Gasteiger partial charge is 0.379 e. The van der Waals surface area contributed by atoms with E-state index < -0.39 is 10.0 Å². The highest BCUT2D eigenvalue weighted by Crippen LogP contribution is 2.31.